The van der Waals surface area contributed by atoms with Gasteiger partial charge >= 0.3 is 0 Å². The highest BCUT2D eigenvalue weighted by atomic mass is 79.9. The van der Waals surface area contributed by atoms with Crippen molar-refractivity contribution in [3.05, 3.63) is 33.9 Å². The molecule has 22 heavy (non-hydrogen) atoms. The lowest BCUT2D eigenvalue weighted by atomic mass is 10.2. The van der Waals surface area contributed by atoms with Gasteiger partial charge in [-0.25, -0.2) is 0 Å². The lowest BCUT2D eigenvalue weighted by molar-refractivity contribution is 0.413. The van der Waals surface area contributed by atoms with Crippen LogP contribution in [0.4, 0.5) is 0 Å². The highest BCUT2D eigenvalue weighted by molar-refractivity contribution is 9.12. The Morgan fingerprint density at radius 2 is 1.45 bits per heavy atom. The Morgan fingerprint density at radius 1 is 1.00 bits per heavy atom. The summed E-state index contributed by atoms with van der Waals surface area (Å²) in [7, 11) is -0.114. The number of ether oxygens (including phenoxy) is 1. The van der Waals surface area contributed by atoms with Crippen molar-refractivity contribution in [2.45, 2.75) is 58.2 Å². The minimum Gasteiger partial charge on any atom is -0.496 e. The molecule has 0 fully saturated rings. The van der Waals surface area contributed by atoms with Crippen molar-refractivity contribution in [1.82, 2.24) is 0 Å². The summed E-state index contributed by atoms with van der Waals surface area (Å²) in [4.78, 5) is 0. The van der Waals surface area contributed by atoms with E-state index in [0.29, 0.717) is 16.6 Å². The van der Waals surface area contributed by atoms with Gasteiger partial charge in [-0.05, 0) is 28.8 Å². The molecule has 0 saturated carbocycles. The fourth-order valence-electron chi connectivity index (χ4n) is 3.89. The van der Waals surface area contributed by atoms with Crippen LogP contribution < -0.4 is 4.74 Å². The molecule has 0 spiro atoms. The van der Waals surface area contributed by atoms with Crippen LogP contribution in [0.2, 0.25) is 16.6 Å². The predicted molar refractivity (Wildman–Crippen MR) is 106 cm³/mol. The molecule has 1 aromatic rings. The third-order valence-electron chi connectivity index (χ3n) is 4.78. The van der Waals surface area contributed by atoms with E-state index in [1.807, 2.05) is 24.3 Å². The Kier molecular flexibility index (Phi) is 7.22. The van der Waals surface area contributed by atoms with Gasteiger partial charge in [0.25, 0.3) is 0 Å². The second kappa shape index (κ2) is 8.03. The molecule has 0 bridgehead atoms. The van der Waals surface area contributed by atoms with E-state index < -0.39 is 8.07 Å². The van der Waals surface area contributed by atoms with Crippen molar-refractivity contribution in [2.75, 3.05) is 7.11 Å². The second-order valence-corrected chi connectivity index (χ2v) is 14.5. The lowest BCUT2D eigenvalue weighted by Gasteiger charge is -2.43. The first-order chi connectivity index (χ1) is 10.2. The maximum atomic E-state index is 6.84. The monoisotopic (exact) mass is 402 g/mol. The van der Waals surface area contributed by atoms with E-state index in [-0.39, 0.29) is 0 Å². The molecule has 0 aromatic heterocycles. The first kappa shape index (κ1) is 19.8. The van der Waals surface area contributed by atoms with Crippen LogP contribution >= 0.6 is 27.5 Å². The van der Waals surface area contributed by atoms with E-state index in [2.05, 4.69) is 57.5 Å². The van der Waals surface area contributed by atoms with Gasteiger partial charge in [0.15, 0.2) is 0 Å². The summed E-state index contributed by atoms with van der Waals surface area (Å²) in [6, 6.07) is 7.96. The van der Waals surface area contributed by atoms with Gasteiger partial charge in [-0.1, -0.05) is 81.2 Å². The quantitative estimate of drug-likeness (QED) is 0.456. The summed E-state index contributed by atoms with van der Waals surface area (Å²) in [5, 5.41) is 0.806. The topological polar surface area (TPSA) is 9.23 Å². The van der Waals surface area contributed by atoms with E-state index in [9.17, 15) is 0 Å². The molecule has 0 heterocycles. The van der Waals surface area contributed by atoms with Gasteiger partial charge in [-0.3, -0.25) is 0 Å². The zero-order valence-electron chi connectivity index (χ0n) is 14.7. The average molecular weight is 404 g/mol. The molecule has 0 atom stereocenters. The maximum Gasteiger partial charge on any atom is 0.127 e. The van der Waals surface area contributed by atoms with Crippen molar-refractivity contribution in [3.63, 3.8) is 0 Å². The fraction of sp³-hybridized carbons (Fsp3) is 0.556. The van der Waals surface area contributed by atoms with Gasteiger partial charge in [0, 0.05) is 9.67 Å². The normalized spacial score (nSPS) is 13.8. The molecule has 0 aliphatic heterocycles. The first-order valence-electron chi connectivity index (χ1n) is 7.90. The van der Waals surface area contributed by atoms with Crippen molar-refractivity contribution in [2.24, 2.45) is 0 Å². The molecule has 0 unspecified atom stereocenters. The summed E-state index contributed by atoms with van der Waals surface area (Å²) in [5.41, 5.74) is 2.78. The van der Waals surface area contributed by atoms with Crippen LogP contribution in [0.5, 0.6) is 5.75 Å². The van der Waals surface area contributed by atoms with E-state index in [1.54, 1.807) is 7.11 Å². The average Bonchev–Trinajstić information content (AvgIpc) is 2.45. The van der Waals surface area contributed by atoms with Crippen LogP contribution in [0.25, 0.3) is 5.03 Å². The van der Waals surface area contributed by atoms with E-state index >= 15 is 0 Å². The third kappa shape index (κ3) is 3.47. The van der Waals surface area contributed by atoms with Crippen LogP contribution in [-0.4, -0.2) is 15.2 Å². The smallest absolute Gasteiger partial charge is 0.127 e. The van der Waals surface area contributed by atoms with Gasteiger partial charge in [0.2, 0.25) is 0 Å². The SMILES string of the molecule is COc1ccccc1/C(Cl)=C(/Br)[Si](C(C)C)(C(C)C)C(C)C. The number of methoxy groups -OCH3 is 1. The molecule has 0 aliphatic carbocycles. The third-order valence-corrected chi connectivity index (χ3v) is 14.8. The van der Waals surface area contributed by atoms with Crippen LogP contribution in [0.1, 0.15) is 47.1 Å². The Balaban J connectivity index is 3.60. The summed E-state index contributed by atoms with van der Waals surface area (Å²) in [5.74, 6) is 0.823. The van der Waals surface area contributed by atoms with Crippen molar-refractivity contribution >= 4 is 40.6 Å². The Bertz CT molecular complexity index is 516. The summed E-state index contributed by atoms with van der Waals surface area (Å²) >= 11 is 10.8. The number of hydrogen-bond acceptors (Lipinski definition) is 1. The number of para-hydroxylation sites is 1. The van der Waals surface area contributed by atoms with Crippen molar-refractivity contribution in [1.29, 1.82) is 0 Å². The van der Waals surface area contributed by atoms with Gasteiger partial charge in [0.05, 0.1) is 12.1 Å². The van der Waals surface area contributed by atoms with Crippen LogP contribution in [0, 0.1) is 0 Å². The van der Waals surface area contributed by atoms with E-state index in [1.165, 1.54) is 4.11 Å². The zero-order valence-corrected chi connectivity index (χ0v) is 18.0. The van der Waals surface area contributed by atoms with Crippen LogP contribution in [0.15, 0.2) is 28.4 Å². The second-order valence-electron chi connectivity index (χ2n) is 6.73. The Labute approximate surface area is 150 Å². The molecule has 0 radical (unpaired) electrons. The maximum absolute atomic E-state index is 6.84. The molecule has 0 saturated heterocycles. The standard InChI is InChI=1S/C18H28BrClOSi/c1-12(2)22(13(3)4,14(5)6)18(19)17(20)15-10-8-9-11-16(15)21-7/h8-14H,1-7H3/b18-17+. The summed E-state index contributed by atoms with van der Waals surface area (Å²) in [6.45, 7) is 14.0. The molecule has 0 N–H and O–H groups in total. The largest absolute Gasteiger partial charge is 0.496 e. The molecule has 124 valence electrons. The van der Waals surface area contributed by atoms with E-state index in [0.717, 1.165) is 16.3 Å². The predicted octanol–water partition coefficient (Wildman–Crippen LogP) is 7.22. The van der Waals surface area contributed by atoms with Gasteiger partial charge in [-0.15, -0.1) is 0 Å². The van der Waals surface area contributed by atoms with Crippen molar-refractivity contribution < 1.29 is 4.74 Å². The van der Waals surface area contributed by atoms with Gasteiger partial charge in [-0.2, -0.15) is 0 Å². The highest BCUT2D eigenvalue weighted by Crippen LogP contribution is 2.51. The number of rotatable bonds is 6. The van der Waals surface area contributed by atoms with Crippen LogP contribution in [-0.2, 0) is 0 Å². The fourth-order valence-corrected chi connectivity index (χ4v) is 14.9. The molecule has 1 rings (SSSR count). The molecule has 1 aromatic carbocycles. The summed E-state index contributed by atoms with van der Waals surface area (Å²) < 4.78 is 6.70. The lowest BCUT2D eigenvalue weighted by Crippen LogP contribution is -2.45. The van der Waals surface area contributed by atoms with Gasteiger partial charge in [0.1, 0.15) is 13.8 Å². The number of halogens is 2. The van der Waals surface area contributed by atoms with Gasteiger partial charge < -0.3 is 4.74 Å². The highest BCUT2D eigenvalue weighted by Gasteiger charge is 2.46. The molecular weight excluding hydrogens is 376 g/mol. The number of benzene rings is 1. The minimum atomic E-state index is -1.80. The molecular formula is C18H28BrClOSi. The first-order valence-corrected chi connectivity index (χ1v) is 11.3. The Morgan fingerprint density at radius 3 is 1.86 bits per heavy atom. The number of hydrogen-bond donors (Lipinski definition) is 0. The molecule has 1 nitrogen and oxygen atoms in total. The molecule has 0 aliphatic rings. The zero-order chi connectivity index (χ0) is 17.1. The molecule has 4 heteroatoms. The summed E-state index contributed by atoms with van der Waals surface area (Å²) in [6.07, 6.45) is 0. The van der Waals surface area contributed by atoms with E-state index in [4.69, 9.17) is 16.3 Å². The molecule has 0 amide bonds. The Hall–Kier alpha value is -0.253. The minimum absolute atomic E-state index is 0.602. The van der Waals surface area contributed by atoms with Crippen LogP contribution in [0.3, 0.4) is 0 Å². The van der Waals surface area contributed by atoms with Crippen molar-refractivity contribution in [3.8, 4) is 5.75 Å².